The van der Waals surface area contributed by atoms with Crippen molar-refractivity contribution in [2.45, 2.75) is 51.2 Å². The van der Waals surface area contributed by atoms with E-state index in [0.29, 0.717) is 12.0 Å². The van der Waals surface area contributed by atoms with Crippen molar-refractivity contribution in [2.75, 3.05) is 0 Å². The highest BCUT2D eigenvalue weighted by atomic mass is 16.4. The Morgan fingerprint density at radius 1 is 1.03 bits per heavy atom. The van der Waals surface area contributed by atoms with Gasteiger partial charge >= 0.3 is 11.9 Å². The third-order valence-electron chi connectivity index (χ3n) is 4.52. The van der Waals surface area contributed by atoms with Gasteiger partial charge in [0.25, 0.3) is 0 Å². The SMILES string of the molecule is CC[C@H](C)[C@H](NC(=O)[C@@H](N)Cc1ccc(O)cc1)C(=O)N[C@@H](CC(=O)O)C(=O)O. The molecule has 7 N–H and O–H groups in total. The zero-order valence-electron chi connectivity index (χ0n) is 16.3. The minimum atomic E-state index is -1.62. The van der Waals surface area contributed by atoms with Gasteiger partial charge in [-0.05, 0) is 30.0 Å². The van der Waals surface area contributed by atoms with Crippen LogP contribution in [-0.2, 0) is 25.6 Å². The first-order chi connectivity index (χ1) is 13.5. The third-order valence-corrected chi connectivity index (χ3v) is 4.52. The summed E-state index contributed by atoms with van der Waals surface area (Å²) in [4.78, 5) is 47.0. The van der Waals surface area contributed by atoms with E-state index in [0.717, 1.165) is 0 Å². The lowest BCUT2D eigenvalue weighted by molar-refractivity contribution is -0.147. The van der Waals surface area contributed by atoms with Gasteiger partial charge in [-0.15, -0.1) is 0 Å². The predicted octanol–water partition coefficient (Wildman–Crippen LogP) is -0.163. The third kappa shape index (κ3) is 7.78. The van der Waals surface area contributed by atoms with Crippen LogP contribution < -0.4 is 16.4 Å². The molecule has 0 bridgehead atoms. The summed E-state index contributed by atoms with van der Waals surface area (Å²) >= 11 is 0. The maximum atomic E-state index is 12.5. The van der Waals surface area contributed by atoms with Crippen LogP contribution in [0.15, 0.2) is 24.3 Å². The topological polar surface area (TPSA) is 179 Å². The maximum absolute atomic E-state index is 12.5. The number of rotatable bonds is 11. The molecule has 0 aromatic heterocycles. The van der Waals surface area contributed by atoms with E-state index < -0.39 is 48.3 Å². The van der Waals surface area contributed by atoms with Crippen molar-refractivity contribution < 1.29 is 34.5 Å². The highest BCUT2D eigenvalue weighted by molar-refractivity contribution is 5.93. The summed E-state index contributed by atoms with van der Waals surface area (Å²) in [7, 11) is 0. The molecule has 0 aliphatic heterocycles. The summed E-state index contributed by atoms with van der Waals surface area (Å²) in [6.07, 6.45) is -0.122. The number of nitrogens with one attached hydrogen (secondary N) is 2. The highest BCUT2D eigenvalue weighted by Gasteiger charge is 2.31. The zero-order valence-corrected chi connectivity index (χ0v) is 16.3. The van der Waals surface area contributed by atoms with Crippen molar-refractivity contribution in [3.63, 3.8) is 0 Å². The van der Waals surface area contributed by atoms with Gasteiger partial charge in [0, 0.05) is 0 Å². The number of hydrogen-bond donors (Lipinski definition) is 6. The van der Waals surface area contributed by atoms with Crippen LogP contribution in [0.1, 0.15) is 32.3 Å². The Hall–Kier alpha value is -3.14. The van der Waals surface area contributed by atoms with Gasteiger partial charge in [0.15, 0.2) is 0 Å². The standard InChI is InChI=1S/C19H27N3O7/c1-3-10(2)16(18(27)21-14(19(28)29)9-15(24)25)22-17(26)13(20)8-11-4-6-12(23)7-5-11/h4-7,10,13-14,16,23H,3,8-9,20H2,1-2H3,(H,21,27)(H,22,26)(H,24,25)(H,28,29)/t10-,13-,14-,16-/m0/s1. The highest BCUT2D eigenvalue weighted by Crippen LogP contribution is 2.12. The average Bonchev–Trinajstić information content (AvgIpc) is 2.65. The molecule has 10 nitrogen and oxygen atoms in total. The Morgan fingerprint density at radius 2 is 1.62 bits per heavy atom. The number of hydrogen-bond acceptors (Lipinski definition) is 6. The molecule has 0 fully saturated rings. The van der Waals surface area contributed by atoms with Crippen molar-refractivity contribution in [3.05, 3.63) is 29.8 Å². The van der Waals surface area contributed by atoms with Crippen LogP contribution in [0.4, 0.5) is 0 Å². The number of amides is 2. The Bertz CT molecular complexity index is 736. The Balaban J connectivity index is 2.84. The largest absolute Gasteiger partial charge is 0.508 e. The monoisotopic (exact) mass is 409 g/mol. The number of carbonyl (C=O) groups is 4. The van der Waals surface area contributed by atoms with Crippen molar-refractivity contribution >= 4 is 23.8 Å². The second kappa shape index (κ2) is 11.0. The molecule has 0 aliphatic carbocycles. The Morgan fingerprint density at radius 3 is 2.10 bits per heavy atom. The molecule has 0 radical (unpaired) electrons. The molecule has 1 aromatic rings. The lowest BCUT2D eigenvalue weighted by atomic mass is 9.96. The molecule has 10 heteroatoms. The second-order valence-corrected chi connectivity index (χ2v) is 6.85. The number of phenols is 1. The molecular formula is C19H27N3O7. The number of benzene rings is 1. The molecule has 0 spiro atoms. The molecule has 29 heavy (non-hydrogen) atoms. The van der Waals surface area contributed by atoms with Crippen molar-refractivity contribution in [3.8, 4) is 5.75 Å². The van der Waals surface area contributed by atoms with Gasteiger partial charge in [-0.1, -0.05) is 32.4 Å². The van der Waals surface area contributed by atoms with Crippen LogP contribution in [0.25, 0.3) is 0 Å². The van der Waals surface area contributed by atoms with Crippen molar-refractivity contribution in [1.82, 2.24) is 10.6 Å². The maximum Gasteiger partial charge on any atom is 0.326 e. The molecule has 0 aliphatic rings. The van der Waals surface area contributed by atoms with E-state index in [-0.39, 0.29) is 18.1 Å². The van der Waals surface area contributed by atoms with Crippen LogP contribution in [0, 0.1) is 5.92 Å². The molecule has 0 unspecified atom stereocenters. The van der Waals surface area contributed by atoms with E-state index in [9.17, 15) is 24.3 Å². The number of aliphatic carboxylic acids is 2. The molecule has 0 saturated heterocycles. The predicted molar refractivity (Wildman–Crippen MR) is 103 cm³/mol. The van der Waals surface area contributed by atoms with Gasteiger partial charge in [0.1, 0.15) is 17.8 Å². The fourth-order valence-electron chi connectivity index (χ4n) is 2.58. The van der Waals surface area contributed by atoms with Gasteiger partial charge in [-0.25, -0.2) is 4.79 Å². The summed E-state index contributed by atoms with van der Waals surface area (Å²) in [5, 5.41) is 31.9. The molecule has 0 heterocycles. The molecule has 160 valence electrons. The number of carboxylic acids is 2. The lowest BCUT2D eigenvalue weighted by Crippen LogP contribution is -2.57. The Kier molecular flexibility index (Phi) is 9.07. The second-order valence-electron chi connectivity index (χ2n) is 6.85. The first-order valence-corrected chi connectivity index (χ1v) is 9.14. The zero-order chi connectivity index (χ0) is 22.1. The van der Waals surface area contributed by atoms with Gasteiger partial charge in [0.2, 0.25) is 11.8 Å². The summed E-state index contributed by atoms with van der Waals surface area (Å²) in [5.74, 6) is -4.53. The van der Waals surface area contributed by atoms with E-state index in [4.69, 9.17) is 15.9 Å². The van der Waals surface area contributed by atoms with Crippen molar-refractivity contribution in [1.29, 1.82) is 0 Å². The smallest absolute Gasteiger partial charge is 0.326 e. The minimum absolute atomic E-state index is 0.0784. The van der Waals surface area contributed by atoms with Gasteiger partial charge < -0.3 is 31.7 Å². The summed E-state index contributed by atoms with van der Waals surface area (Å²) in [6.45, 7) is 3.49. The van der Waals surface area contributed by atoms with E-state index in [2.05, 4.69) is 10.6 Å². The fraction of sp³-hybridized carbons (Fsp3) is 0.474. The number of aromatic hydroxyl groups is 1. The van der Waals surface area contributed by atoms with E-state index in [1.54, 1.807) is 26.0 Å². The summed E-state index contributed by atoms with van der Waals surface area (Å²) < 4.78 is 0. The van der Waals surface area contributed by atoms with Crippen LogP contribution in [0.2, 0.25) is 0 Å². The number of nitrogens with two attached hydrogens (primary N) is 1. The first-order valence-electron chi connectivity index (χ1n) is 9.14. The van der Waals surface area contributed by atoms with Gasteiger partial charge in [-0.3, -0.25) is 14.4 Å². The van der Waals surface area contributed by atoms with Crippen molar-refractivity contribution in [2.24, 2.45) is 11.7 Å². The van der Waals surface area contributed by atoms with Crippen LogP contribution in [0.5, 0.6) is 5.75 Å². The molecule has 1 aromatic carbocycles. The molecule has 4 atom stereocenters. The van der Waals surface area contributed by atoms with E-state index >= 15 is 0 Å². The molecular weight excluding hydrogens is 382 g/mol. The van der Waals surface area contributed by atoms with E-state index in [1.807, 2.05) is 0 Å². The summed E-state index contributed by atoms with van der Waals surface area (Å²) in [5.41, 5.74) is 6.63. The molecule has 0 saturated carbocycles. The van der Waals surface area contributed by atoms with Crippen LogP contribution >= 0.6 is 0 Å². The Labute approximate surface area is 168 Å². The van der Waals surface area contributed by atoms with E-state index in [1.165, 1.54) is 12.1 Å². The van der Waals surface area contributed by atoms with Crippen LogP contribution in [-0.4, -0.2) is 57.2 Å². The lowest BCUT2D eigenvalue weighted by Gasteiger charge is -2.26. The average molecular weight is 409 g/mol. The molecule has 2 amide bonds. The number of carboxylic acid groups (broad SMARTS) is 2. The quantitative estimate of drug-likeness (QED) is 0.292. The summed E-state index contributed by atoms with van der Waals surface area (Å²) in [6, 6.07) is 2.49. The molecule has 1 rings (SSSR count). The number of carbonyl (C=O) groups excluding carboxylic acids is 2. The minimum Gasteiger partial charge on any atom is -0.508 e. The normalized spacial score (nSPS) is 14.9. The number of phenolic OH excluding ortho intramolecular Hbond substituents is 1. The van der Waals surface area contributed by atoms with Crippen LogP contribution in [0.3, 0.4) is 0 Å². The first kappa shape index (κ1) is 23.9. The fourth-order valence-corrected chi connectivity index (χ4v) is 2.58. The van der Waals surface area contributed by atoms with Gasteiger partial charge in [0.05, 0.1) is 12.5 Å². The van der Waals surface area contributed by atoms with Gasteiger partial charge in [-0.2, -0.15) is 0 Å².